The molecule has 2 aromatic rings. The van der Waals surface area contributed by atoms with Crippen LogP contribution in [0, 0.1) is 6.92 Å². The van der Waals surface area contributed by atoms with Crippen molar-refractivity contribution < 1.29 is 28.9 Å². The molecule has 0 radical (unpaired) electrons. The largest absolute Gasteiger partial charge is 0.507 e. The maximum Gasteiger partial charge on any atom is 0.295 e. The number of aliphatic hydroxyl groups excluding tert-OH is 1. The molecule has 7 nitrogen and oxygen atoms in total. The number of methoxy groups -OCH3 is 1. The summed E-state index contributed by atoms with van der Waals surface area (Å²) in [5.74, 6) is -0.519. The third-order valence-electron chi connectivity index (χ3n) is 6.20. The summed E-state index contributed by atoms with van der Waals surface area (Å²) in [7, 11) is 1.54. The molecule has 4 rings (SSSR count). The Labute approximate surface area is 207 Å². The van der Waals surface area contributed by atoms with Crippen molar-refractivity contribution in [1.82, 2.24) is 4.90 Å². The first-order valence-corrected chi connectivity index (χ1v) is 12.1. The number of aliphatic hydroxyl groups is 1. The van der Waals surface area contributed by atoms with E-state index in [1.54, 1.807) is 30.3 Å². The second kappa shape index (κ2) is 10.2. The van der Waals surface area contributed by atoms with Crippen LogP contribution < -0.4 is 9.47 Å². The Morgan fingerprint density at radius 2 is 2.00 bits per heavy atom. The van der Waals surface area contributed by atoms with Gasteiger partial charge in [-0.3, -0.25) is 9.59 Å². The topological polar surface area (TPSA) is 85.3 Å². The van der Waals surface area contributed by atoms with Crippen LogP contribution in [0.5, 0.6) is 11.5 Å². The number of rotatable bonds is 7. The number of nitrogens with zero attached hydrogens (tertiary/aromatic N) is 1. The van der Waals surface area contributed by atoms with Crippen molar-refractivity contribution in [3.63, 3.8) is 0 Å². The summed E-state index contributed by atoms with van der Waals surface area (Å²) in [6.45, 7) is 5.14. The number of benzene rings is 2. The molecule has 0 bridgehead atoms. The number of ether oxygens (including phenoxy) is 3. The molecular weight excluding hydrogens is 502 g/mol. The minimum absolute atomic E-state index is 0.0518. The first kappa shape index (κ1) is 24.3. The van der Waals surface area contributed by atoms with Crippen molar-refractivity contribution >= 4 is 33.4 Å². The van der Waals surface area contributed by atoms with Crippen molar-refractivity contribution in [2.24, 2.45) is 0 Å². The number of carbonyl (C=O) groups is 2. The molecule has 2 fully saturated rings. The number of ketones is 1. The van der Waals surface area contributed by atoms with E-state index in [2.05, 4.69) is 15.9 Å². The second-order valence-electron chi connectivity index (χ2n) is 8.39. The Bertz CT molecular complexity index is 1140. The maximum absolute atomic E-state index is 13.2. The Hall–Kier alpha value is -2.84. The smallest absolute Gasteiger partial charge is 0.295 e. The van der Waals surface area contributed by atoms with Gasteiger partial charge in [-0.25, -0.2) is 0 Å². The molecule has 2 heterocycles. The quantitative estimate of drug-likeness (QED) is 0.316. The van der Waals surface area contributed by atoms with Gasteiger partial charge in [-0.1, -0.05) is 28.1 Å². The molecule has 0 saturated carbocycles. The molecule has 2 unspecified atom stereocenters. The van der Waals surface area contributed by atoms with Crippen molar-refractivity contribution in [1.29, 1.82) is 0 Å². The van der Waals surface area contributed by atoms with Crippen molar-refractivity contribution in [3.8, 4) is 11.5 Å². The van der Waals surface area contributed by atoms with E-state index in [0.717, 1.165) is 22.9 Å². The third kappa shape index (κ3) is 4.57. The molecule has 2 atom stereocenters. The zero-order valence-electron chi connectivity index (χ0n) is 19.5. The number of carbonyl (C=O) groups excluding carboxylic acids is 2. The Morgan fingerprint density at radius 1 is 1.21 bits per heavy atom. The van der Waals surface area contributed by atoms with E-state index in [1.807, 2.05) is 19.9 Å². The fourth-order valence-corrected chi connectivity index (χ4v) is 4.75. The number of hydrogen-bond donors (Lipinski definition) is 1. The Kier molecular flexibility index (Phi) is 7.28. The van der Waals surface area contributed by atoms with Crippen LogP contribution in [0.15, 0.2) is 46.4 Å². The highest BCUT2D eigenvalue weighted by Gasteiger charge is 2.47. The van der Waals surface area contributed by atoms with Gasteiger partial charge in [0.25, 0.3) is 11.7 Å². The molecule has 1 N–H and O–H groups in total. The standard InChI is InChI=1S/C26H28BrNO6/c1-4-33-20-10-8-16(13-21(20)32-3)23-22(24(29)17-7-9-19(27)15(2)12-17)25(30)26(31)28(23)14-18-6-5-11-34-18/h7-10,12-13,18,23,29H,4-6,11,14H2,1-3H3/b24-22-. The zero-order valence-corrected chi connectivity index (χ0v) is 21.1. The van der Waals surface area contributed by atoms with E-state index in [0.29, 0.717) is 35.8 Å². The first-order valence-electron chi connectivity index (χ1n) is 11.3. The molecule has 8 heteroatoms. The van der Waals surface area contributed by atoms with Gasteiger partial charge in [0.1, 0.15) is 5.76 Å². The minimum Gasteiger partial charge on any atom is -0.507 e. The van der Waals surface area contributed by atoms with E-state index in [9.17, 15) is 14.7 Å². The number of Topliss-reactive ketones (excluding diaryl/α,β-unsaturated/α-hetero) is 1. The Balaban J connectivity index is 1.85. The lowest BCUT2D eigenvalue weighted by molar-refractivity contribution is -0.140. The third-order valence-corrected chi connectivity index (χ3v) is 7.09. The van der Waals surface area contributed by atoms with E-state index in [1.165, 1.54) is 12.0 Å². The summed E-state index contributed by atoms with van der Waals surface area (Å²) in [5, 5.41) is 11.3. The summed E-state index contributed by atoms with van der Waals surface area (Å²) in [6.07, 6.45) is 1.57. The lowest BCUT2D eigenvalue weighted by Crippen LogP contribution is -2.36. The summed E-state index contributed by atoms with van der Waals surface area (Å²) >= 11 is 3.46. The lowest BCUT2D eigenvalue weighted by atomic mass is 9.94. The molecule has 2 saturated heterocycles. The number of likely N-dealkylation sites (tertiary alicyclic amines) is 1. The highest BCUT2D eigenvalue weighted by Crippen LogP contribution is 2.42. The van der Waals surface area contributed by atoms with Gasteiger partial charge in [0.05, 0.1) is 31.4 Å². The highest BCUT2D eigenvalue weighted by molar-refractivity contribution is 9.10. The van der Waals surface area contributed by atoms with Crippen LogP contribution in [0.1, 0.15) is 42.5 Å². The van der Waals surface area contributed by atoms with E-state index >= 15 is 0 Å². The number of amides is 1. The number of hydrogen-bond acceptors (Lipinski definition) is 6. The normalized spacial score (nSPS) is 21.8. The number of halogens is 1. The molecule has 34 heavy (non-hydrogen) atoms. The average molecular weight is 530 g/mol. The summed E-state index contributed by atoms with van der Waals surface area (Å²) in [6, 6.07) is 9.84. The summed E-state index contributed by atoms with van der Waals surface area (Å²) < 4.78 is 17.8. The van der Waals surface area contributed by atoms with E-state index in [-0.39, 0.29) is 24.0 Å². The van der Waals surface area contributed by atoms with Gasteiger partial charge < -0.3 is 24.2 Å². The van der Waals surface area contributed by atoms with Crippen LogP contribution in [0.4, 0.5) is 0 Å². The molecule has 2 aromatic carbocycles. The molecule has 1 amide bonds. The Morgan fingerprint density at radius 3 is 2.65 bits per heavy atom. The molecule has 180 valence electrons. The molecule has 0 spiro atoms. The maximum atomic E-state index is 13.2. The van der Waals surface area contributed by atoms with Crippen LogP contribution >= 0.6 is 15.9 Å². The second-order valence-corrected chi connectivity index (χ2v) is 9.25. The summed E-state index contributed by atoms with van der Waals surface area (Å²) in [4.78, 5) is 27.9. The average Bonchev–Trinajstić information content (AvgIpc) is 3.43. The van der Waals surface area contributed by atoms with Crippen molar-refractivity contribution in [2.45, 2.75) is 38.8 Å². The van der Waals surface area contributed by atoms with Crippen molar-refractivity contribution in [2.75, 3.05) is 26.9 Å². The lowest BCUT2D eigenvalue weighted by Gasteiger charge is -2.28. The van der Waals surface area contributed by atoms with Gasteiger partial charge in [-0.15, -0.1) is 0 Å². The first-order chi connectivity index (χ1) is 16.3. The highest BCUT2D eigenvalue weighted by atomic mass is 79.9. The van der Waals surface area contributed by atoms with Gasteiger partial charge in [0.2, 0.25) is 0 Å². The fourth-order valence-electron chi connectivity index (χ4n) is 4.50. The van der Waals surface area contributed by atoms with Gasteiger partial charge in [-0.05, 0) is 62.1 Å². The predicted molar refractivity (Wildman–Crippen MR) is 131 cm³/mol. The number of aryl methyl sites for hydroxylation is 1. The van der Waals surface area contributed by atoms with Crippen LogP contribution in [-0.2, 0) is 14.3 Å². The van der Waals surface area contributed by atoms with Crippen LogP contribution in [-0.4, -0.2) is 54.7 Å². The van der Waals surface area contributed by atoms with E-state index in [4.69, 9.17) is 14.2 Å². The van der Waals surface area contributed by atoms with Gasteiger partial charge in [0.15, 0.2) is 11.5 Å². The van der Waals surface area contributed by atoms with Gasteiger partial charge in [0, 0.05) is 23.2 Å². The zero-order chi connectivity index (χ0) is 24.4. The van der Waals surface area contributed by atoms with Crippen LogP contribution in [0.25, 0.3) is 5.76 Å². The summed E-state index contributed by atoms with van der Waals surface area (Å²) in [5.41, 5.74) is 2.07. The van der Waals surface area contributed by atoms with Crippen LogP contribution in [0.2, 0.25) is 0 Å². The monoisotopic (exact) mass is 529 g/mol. The predicted octanol–water partition coefficient (Wildman–Crippen LogP) is 4.77. The molecular formula is C26H28BrNO6. The molecule has 2 aliphatic heterocycles. The van der Waals surface area contributed by atoms with Crippen molar-refractivity contribution in [3.05, 3.63) is 63.1 Å². The van der Waals surface area contributed by atoms with Gasteiger partial charge >= 0.3 is 0 Å². The molecule has 2 aliphatic rings. The SMILES string of the molecule is CCOc1ccc(C2/C(=C(/O)c3ccc(Br)c(C)c3)C(=O)C(=O)N2CC2CCCO2)cc1OC. The molecule has 0 aliphatic carbocycles. The van der Waals surface area contributed by atoms with Gasteiger partial charge in [-0.2, -0.15) is 0 Å². The molecule has 0 aromatic heterocycles. The fraction of sp³-hybridized carbons (Fsp3) is 0.385. The van der Waals surface area contributed by atoms with Crippen LogP contribution in [0.3, 0.4) is 0 Å². The van der Waals surface area contributed by atoms with E-state index < -0.39 is 17.7 Å². The minimum atomic E-state index is -0.780.